The lowest BCUT2D eigenvalue weighted by molar-refractivity contribution is -0.116. The second-order valence-electron chi connectivity index (χ2n) is 7.46. The molecular formula is C19H25N3O. The van der Waals surface area contributed by atoms with Crippen LogP contribution in [0.3, 0.4) is 0 Å². The van der Waals surface area contributed by atoms with Crippen LogP contribution in [0.5, 0.6) is 0 Å². The van der Waals surface area contributed by atoms with E-state index in [-0.39, 0.29) is 17.2 Å². The Bertz CT molecular complexity index is 710. The summed E-state index contributed by atoms with van der Waals surface area (Å²) in [6.45, 7) is 6.54. The van der Waals surface area contributed by atoms with Gasteiger partial charge in [0.1, 0.15) is 5.82 Å². The summed E-state index contributed by atoms with van der Waals surface area (Å²) in [6, 6.07) is 10.5. The summed E-state index contributed by atoms with van der Waals surface area (Å²) in [5, 5.41) is 7.72. The van der Waals surface area contributed by atoms with Gasteiger partial charge in [-0.1, -0.05) is 51.1 Å². The number of nitrogens with zero attached hydrogens (tertiary/aromatic N) is 2. The number of carbonyl (C=O) groups excluding carboxylic acids is 1. The van der Waals surface area contributed by atoms with Crippen molar-refractivity contribution in [3.8, 4) is 0 Å². The Morgan fingerprint density at radius 1 is 1.26 bits per heavy atom. The number of aryl methyl sites for hydroxylation is 2. The lowest BCUT2D eigenvalue weighted by Gasteiger charge is -2.27. The van der Waals surface area contributed by atoms with Gasteiger partial charge in [0, 0.05) is 24.4 Å². The molecule has 0 bridgehead atoms. The molecule has 2 heterocycles. The van der Waals surface area contributed by atoms with Crippen LogP contribution in [0.2, 0.25) is 0 Å². The number of rotatable bonds is 3. The Labute approximate surface area is 137 Å². The third-order valence-corrected chi connectivity index (χ3v) is 4.52. The second kappa shape index (κ2) is 5.84. The van der Waals surface area contributed by atoms with Crippen molar-refractivity contribution >= 4 is 11.7 Å². The highest BCUT2D eigenvalue weighted by Gasteiger charge is 2.35. The number of nitrogens with one attached hydrogen (secondary N) is 1. The van der Waals surface area contributed by atoms with Gasteiger partial charge in [-0.05, 0) is 24.3 Å². The summed E-state index contributed by atoms with van der Waals surface area (Å²) < 4.78 is 1.82. The quantitative estimate of drug-likeness (QED) is 0.938. The van der Waals surface area contributed by atoms with Crippen LogP contribution in [-0.4, -0.2) is 15.7 Å². The molecule has 1 aliphatic heterocycles. The van der Waals surface area contributed by atoms with E-state index >= 15 is 0 Å². The Kier molecular flexibility index (Phi) is 4.00. The van der Waals surface area contributed by atoms with E-state index < -0.39 is 0 Å². The topological polar surface area (TPSA) is 46.9 Å². The molecule has 0 aliphatic carbocycles. The predicted octanol–water partition coefficient (Wildman–Crippen LogP) is 3.78. The van der Waals surface area contributed by atoms with E-state index in [2.05, 4.69) is 50.4 Å². The summed E-state index contributed by atoms with van der Waals surface area (Å²) in [6.07, 6.45) is 2.50. The number of anilines is 1. The molecule has 1 aromatic carbocycles. The van der Waals surface area contributed by atoms with Crippen LogP contribution in [0.25, 0.3) is 0 Å². The monoisotopic (exact) mass is 311 g/mol. The number of carbonyl (C=O) groups is 1. The number of fused-ring (bicyclic) bond motifs is 1. The van der Waals surface area contributed by atoms with Crippen molar-refractivity contribution < 1.29 is 4.79 Å². The van der Waals surface area contributed by atoms with Crippen molar-refractivity contribution in [1.82, 2.24) is 9.78 Å². The molecule has 1 amide bonds. The first kappa shape index (κ1) is 15.8. The molecule has 1 atom stereocenters. The number of aromatic nitrogens is 2. The molecule has 1 aromatic heterocycles. The SMILES string of the molecule is Cn1nc(C(C)(C)C)c2c1NC(=O)C[C@H]2CCc1ccccc1. The highest BCUT2D eigenvalue weighted by molar-refractivity contribution is 5.94. The smallest absolute Gasteiger partial charge is 0.226 e. The minimum Gasteiger partial charge on any atom is -0.311 e. The fraction of sp³-hybridized carbons (Fsp3) is 0.474. The van der Waals surface area contributed by atoms with Gasteiger partial charge in [-0.25, -0.2) is 0 Å². The van der Waals surface area contributed by atoms with Gasteiger partial charge in [-0.3, -0.25) is 9.48 Å². The van der Waals surface area contributed by atoms with Crippen molar-refractivity contribution in [2.45, 2.75) is 51.4 Å². The van der Waals surface area contributed by atoms with E-state index in [0.29, 0.717) is 6.42 Å². The summed E-state index contributed by atoms with van der Waals surface area (Å²) in [4.78, 5) is 12.1. The molecule has 1 aliphatic rings. The summed E-state index contributed by atoms with van der Waals surface area (Å²) >= 11 is 0. The zero-order valence-corrected chi connectivity index (χ0v) is 14.4. The third-order valence-electron chi connectivity index (χ3n) is 4.52. The molecule has 3 rings (SSSR count). The van der Waals surface area contributed by atoms with Crippen LogP contribution in [0, 0.1) is 0 Å². The number of amides is 1. The first-order valence-electron chi connectivity index (χ1n) is 8.27. The van der Waals surface area contributed by atoms with Gasteiger partial charge in [0.25, 0.3) is 0 Å². The van der Waals surface area contributed by atoms with Crippen molar-refractivity contribution in [2.75, 3.05) is 5.32 Å². The molecule has 0 unspecified atom stereocenters. The number of hydrogen-bond donors (Lipinski definition) is 1. The summed E-state index contributed by atoms with van der Waals surface area (Å²) in [5.74, 6) is 1.21. The van der Waals surface area contributed by atoms with E-state index in [1.807, 2.05) is 17.8 Å². The van der Waals surface area contributed by atoms with E-state index in [1.54, 1.807) is 0 Å². The maximum atomic E-state index is 12.1. The number of benzene rings is 1. The van der Waals surface area contributed by atoms with Crippen LogP contribution in [0.15, 0.2) is 30.3 Å². The van der Waals surface area contributed by atoms with Crippen molar-refractivity contribution in [3.05, 3.63) is 47.2 Å². The first-order valence-corrected chi connectivity index (χ1v) is 8.27. The van der Waals surface area contributed by atoms with E-state index in [9.17, 15) is 4.79 Å². The van der Waals surface area contributed by atoms with E-state index in [4.69, 9.17) is 5.10 Å². The van der Waals surface area contributed by atoms with Gasteiger partial charge in [-0.15, -0.1) is 0 Å². The molecule has 0 spiro atoms. The minimum absolute atomic E-state index is 0.0294. The van der Waals surface area contributed by atoms with Crippen LogP contribution in [0.4, 0.5) is 5.82 Å². The Morgan fingerprint density at radius 2 is 1.96 bits per heavy atom. The molecule has 0 fully saturated rings. The van der Waals surface area contributed by atoms with Gasteiger partial charge in [-0.2, -0.15) is 5.10 Å². The highest BCUT2D eigenvalue weighted by atomic mass is 16.1. The van der Waals surface area contributed by atoms with Gasteiger partial charge in [0.2, 0.25) is 5.91 Å². The zero-order chi connectivity index (χ0) is 16.6. The fourth-order valence-corrected chi connectivity index (χ4v) is 3.37. The standard InChI is InChI=1S/C19H25N3O/c1-19(2,3)17-16-14(11-10-13-8-6-5-7-9-13)12-15(23)20-18(16)22(4)21-17/h5-9,14H,10-12H2,1-4H3,(H,20,23)/t14-/m1/s1. The third kappa shape index (κ3) is 3.16. The average Bonchev–Trinajstić information content (AvgIpc) is 2.83. The van der Waals surface area contributed by atoms with Gasteiger partial charge in [0.05, 0.1) is 5.69 Å². The molecule has 2 aromatic rings. The molecule has 0 saturated heterocycles. The fourth-order valence-electron chi connectivity index (χ4n) is 3.37. The van der Waals surface area contributed by atoms with Gasteiger partial charge < -0.3 is 5.32 Å². The van der Waals surface area contributed by atoms with Gasteiger partial charge >= 0.3 is 0 Å². The van der Waals surface area contributed by atoms with Crippen LogP contribution >= 0.6 is 0 Å². The van der Waals surface area contributed by atoms with Crippen molar-refractivity contribution in [2.24, 2.45) is 7.05 Å². The van der Waals surface area contributed by atoms with Crippen LogP contribution in [-0.2, 0) is 23.7 Å². The minimum atomic E-state index is -0.0294. The molecule has 1 N–H and O–H groups in total. The molecular weight excluding hydrogens is 286 g/mol. The molecule has 23 heavy (non-hydrogen) atoms. The van der Waals surface area contributed by atoms with Crippen molar-refractivity contribution in [1.29, 1.82) is 0 Å². The van der Waals surface area contributed by atoms with Crippen molar-refractivity contribution in [3.63, 3.8) is 0 Å². The molecule has 4 heteroatoms. The summed E-state index contributed by atoms with van der Waals surface area (Å²) in [7, 11) is 1.91. The Balaban J connectivity index is 1.92. The van der Waals surface area contributed by atoms with E-state index in [0.717, 1.165) is 24.4 Å². The van der Waals surface area contributed by atoms with Crippen LogP contribution in [0.1, 0.15) is 56.4 Å². The molecule has 122 valence electrons. The predicted molar refractivity (Wildman–Crippen MR) is 92.7 cm³/mol. The Morgan fingerprint density at radius 3 is 2.61 bits per heavy atom. The molecule has 0 saturated carbocycles. The average molecular weight is 311 g/mol. The Hall–Kier alpha value is -2.10. The highest BCUT2D eigenvalue weighted by Crippen LogP contribution is 2.41. The maximum absolute atomic E-state index is 12.1. The van der Waals surface area contributed by atoms with E-state index in [1.165, 1.54) is 11.1 Å². The molecule has 4 nitrogen and oxygen atoms in total. The lowest BCUT2D eigenvalue weighted by atomic mass is 9.80. The normalized spacial score (nSPS) is 17.7. The van der Waals surface area contributed by atoms with Crippen LogP contribution < -0.4 is 5.32 Å². The second-order valence-corrected chi connectivity index (χ2v) is 7.46. The maximum Gasteiger partial charge on any atom is 0.226 e. The zero-order valence-electron chi connectivity index (χ0n) is 14.4. The largest absolute Gasteiger partial charge is 0.311 e. The van der Waals surface area contributed by atoms with Gasteiger partial charge in [0.15, 0.2) is 0 Å². The number of hydrogen-bond acceptors (Lipinski definition) is 2. The summed E-state index contributed by atoms with van der Waals surface area (Å²) in [5.41, 5.74) is 3.63. The molecule has 0 radical (unpaired) electrons. The lowest BCUT2D eigenvalue weighted by Crippen LogP contribution is -2.26. The first-order chi connectivity index (χ1) is 10.9.